The number of ether oxygens (including phenoxy) is 1. The van der Waals surface area contributed by atoms with Gasteiger partial charge in [-0.05, 0) is 32.6 Å². The SMILES string of the molecule is CC(C)(C)OC(=O)N1C(=O)CC[C@]1(C(=O)O)C(C)(C)C. The Hall–Kier alpha value is -1.59. The van der Waals surface area contributed by atoms with Gasteiger partial charge in [0.15, 0.2) is 5.54 Å². The molecular formula is C14H23NO5. The number of hydrogen-bond donors (Lipinski definition) is 1. The van der Waals surface area contributed by atoms with Crippen molar-refractivity contribution >= 4 is 18.0 Å². The molecule has 1 saturated heterocycles. The minimum absolute atomic E-state index is 0.0306. The number of carboxylic acid groups (broad SMARTS) is 1. The first-order valence-electron chi connectivity index (χ1n) is 6.62. The van der Waals surface area contributed by atoms with E-state index in [1.807, 2.05) is 0 Å². The topological polar surface area (TPSA) is 83.9 Å². The molecule has 20 heavy (non-hydrogen) atoms. The summed E-state index contributed by atoms with van der Waals surface area (Å²) in [5, 5.41) is 9.63. The third kappa shape index (κ3) is 2.64. The van der Waals surface area contributed by atoms with Gasteiger partial charge in [0.2, 0.25) is 5.91 Å². The summed E-state index contributed by atoms with van der Waals surface area (Å²) in [7, 11) is 0. The molecule has 114 valence electrons. The molecule has 2 amide bonds. The third-order valence-electron chi connectivity index (χ3n) is 3.50. The third-order valence-corrected chi connectivity index (χ3v) is 3.50. The van der Waals surface area contributed by atoms with Gasteiger partial charge in [0.1, 0.15) is 5.60 Å². The molecule has 0 aromatic heterocycles. The van der Waals surface area contributed by atoms with Crippen LogP contribution in [-0.2, 0) is 14.3 Å². The summed E-state index contributed by atoms with van der Waals surface area (Å²) in [6.45, 7) is 10.1. The highest BCUT2D eigenvalue weighted by molar-refractivity contribution is 6.02. The second-order valence-corrected chi connectivity index (χ2v) is 7.12. The molecule has 6 nitrogen and oxygen atoms in total. The lowest BCUT2D eigenvalue weighted by Crippen LogP contribution is -2.62. The van der Waals surface area contributed by atoms with Crippen LogP contribution in [0.1, 0.15) is 54.4 Å². The van der Waals surface area contributed by atoms with Crippen molar-refractivity contribution in [2.24, 2.45) is 5.41 Å². The summed E-state index contributed by atoms with van der Waals surface area (Å²) < 4.78 is 5.20. The van der Waals surface area contributed by atoms with Gasteiger partial charge >= 0.3 is 12.1 Å². The van der Waals surface area contributed by atoms with Crippen LogP contribution in [0.4, 0.5) is 4.79 Å². The van der Waals surface area contributed by atoms with Crippen molar-refractivity contribution in [1.82, 2.24) is 4.90 Å². The molecule has 0 spiro atoms. The lowest BCUT2D eigenvalue weighted by Gasteiger charge is -2.43. The summed E-state index contributed by atoms with van der Waals surface area (Å²) in [6, 6.07) is 0. The highest BCUT2D eigenvalue weighted by atomic mass is 16.6. The molecule has 1 atom stereocenters. The number of rotatable bonds is 1. The van der Waals surface area contributed by atoms with Gasteiger partial charge < -0.3 is 9.84 Å². The Bertz CT molecular complexity index is 443. The fraction of sp³-hybridized carbons (Fsp3) is 0.786. The summed E-state index contributed by atoms with van der Waals surface area (Å²) in [6.07, 6.45) is -0.760. The highest BCUT2D eigenvalue weighted by Crippen LogP contribution is 2.45. The average Bonchev–Trinajstić information content (AvgIpc) is 2.53. The monoisotopic (exact) mass is 285 g/mol. The standard InChI is InChI=1S/C14H23NO5/c1-12(2,3)14(10(17)18)8-7-9(16)15(14)11(19)20-13(4,5)6/h7-8H2,1-6H3,(H,17,18)/t14-/m0/s1. The molecule has 0 saturated carbocycles. The van der Waals surface area contributed by atoms with Crippen LogP contribution >= 0.6 is 0 Å². The summed E-state index contributed by atoms with van der Waals surface area (Å²) in [5.74, 6) is -1.68. The molecule has 6 heteroatoms. The molecule has 0 unspecified atom stereocenters. The van der Waals surface area contributed by atoms with Gasteiger partial charge in [0, 0.05) is 6.42 Å². The molecule has 1 rings (SSSR count). The number of carbonyl (C=O) groups excluding carboxylic acids is 2. The second-order valence-electron chi connectivity index (χ2n) is 7.12. The number of carbonyl (C=O) groups is 3. The fourth-order valence-electron chi connectivity index (χ4n) is 2.52. The van der Waals surface area contributed by atoms with Gasteiger partial charge in [-0.2, -0.15) is 0 Å². The number of imide groups is 1. The quantitative estimate of drug-likeness (QED) is 0.799. The van der Waals surface area contributed by atoms with Crippen LogP contribution in [-0.4, -0.2) is 39.1 Å². The van der Waals surface area contributed by atoms with Crippen molar-refractivity contribution < 1.29 is 24.2 Å². The predicted molar refractivity (Wildman–Crippen MR) is 72.1 cm³/mol. The normalized spacial score (nSPS) is 23.9. The minimum atomic E-state index is -1.56. The Morgan fingerprint density at radius 1 is 1.20 bits per heavy atom. The van der Waals surface area contributed by atoms with E-state index < -0.39 is 34.5 Å². The number of aliphatic carboxylic acids is 1. The van der Waals surface area contributed by atoms with E-state index >= 15 is 0 Å². The van der Waals surface area contributed by atoms with E-state index in [1.54, 1.807) is 41.5 Å². The van der Waals surface area contributed by atoms with Crippen molar-refractivity contribution in [2.75, 3.05) is 0 Å². The molecule has 0 aromatic carbocycles. The number of amides is 2. The zero-order chi connectivity index (χ0) is 15.9. The molecular weight excluding hydrogens is 262 g/mol. The van der Waals surface area contributed by atoms with E-state index in [0.717, 1.165) is 4.90 Å². The molecule has 1 aliphatic heterocycles. The van der Waals surface area contributed by atoms with Crippen LogP contribution in [0.3, 0.4) is 0 Å². The summed E-state index contributed by atoms with van der Waals surface area (Å²) >= 11 is 0. The van der Waals surface area contributed by atoms with Gasteiger partial charge in [0.05, 0.1) is 0 Å². The number of carboxylic acids is 1. The van der Waals surface area contributed by atoms with Crippen LogP contribution in [0.15, 0.2) is 0 Å². The largest absolute Gasteiger partial charge is 0.479 e. The van der Waals surface area contributed by atoms with Crippen LogP contribution in [0.25, 0.3) is 0 Å². The Morgan fingerprint density at radius 3 is 2.05 bits per heavy atom. The Morgan fingerprint density at radius 2 is 1.70 bits per heavy atom. The van der Waals surface area contributed by atoms with Crippen LogP contribution < -0.4 is 0 Å². The summed E-state index contributed by atoms with van der Waals surface area (Å²) in [4.78, 5) is 36.9. The second kappa shape index (κ2) is 4.75. The highest BCUT2D eigenvalue weighted by Gasteiger charge is 2.61. The van der Waals surface area contributed by atoms with E-state index in [9.17, 15) is 19.5 Å². The van der Waals surface area contributed by atoms with Gasteiger partial charge in [-0.1, -0.05) is 20.8 Å². The molecule has 0 bridgehead atoms. The average molecular weight is 285 g/mol. The predicted octanol–water partition coefficient (Wildman–Crippen LogP) is 2.41. The zero-order valence-electron chi connectivity index (χ0n) is 12.9. The molecule has 1 N–H and O–H groups in total. The number of likely N-dealkylation sites (tertiary alicyclic amines) is 1. The van der Waals surface area contributed by atoms with Crippen molar-refractivity contribution in [3.05, 3.63) is 0 Å². The van der Waals surface area contributed by atoms with Gasteiger partial charge in [-0.25, -0.2) is 14.5 Å². The molecule has 1 heterocycles. The Labute approximate surface area is 119 Å². The van der Waals surface area contributed by atoms with Crippen molar-refractivity contribution in [3.63, 3.8) is 0 Å². The zero-order valence-corrected chi connectivity index (χ0v) is 12.9. The van der Waals surface area contributed by atoms with Gasteiger partial charge in [-0.3, -0.25) is 4.79 Å². The first kappa shape index (κ1) is 16.5. The van der Waals surface area contributed by atoms with Crippen molar-refractivity contribution in [2.45, 2.75) is 65.5 Å². The van der Waals surface area contributed by atoms with Crippen LogP contribution in [0.2, 0.25) is 0 Å². The van der Waals surface area contributed by atoms with Crippen LogP contribution in [0.5, 0.6) is 0 Å². The van der Waals surface area contributed by atoms with E-state index in [-0.39, 0.29) is 12.8 Å². The summed E-state index contributed by atoms with van der Waals surface area (Å²) in [5.41, 5.74) is -3.14. The molecule has 1 fully saturated rings. The maximum absolute atomic E-state index is 12.3. The first-order chi connectivity index (χ1) is 8.83. The lowest BCUT2D eigenvalue weighted by molar-refractivity contribution is -0.161. The first-order valence-corrected chi connectivity index (χ1v) is 6.62. The Kier molecular flexibility index (Phi) is 3.91. The molecule has 0 aliphatic carbocycles. The lowest BCUT2D eigenvalue weighted by atomic mass is 9.72. The van der Waals surface area contributed by atoms with E-state index in [2.05, 4.69) is 0 Å². The molecule has 0 aromatic rings. The molecule has 0 radical (unpaired) electrons. The maximum Gasteiger partial charge on any atom is 0.418 e. The number of hydrogen-bond acceptors (Lipinski definition) is 4. The number of nitrogens with zero attached hydrogens (tertiary/aromatic N) is 1. The maximum atomic E-state index is 12.3. The van der Waals surface area contributed by atoms with E-state index in [4.69, 9.17) is 4.74 Å². The van der Waals surface area contributed by atoms with Crippen molar-refractivity contribution in [3.8, 4) is 0 Å². The fourth-order valence-corrected chi connectivity index (χ4v) is 2.52. The van der Waals surface area contributed by atoms with Crippen molar-refractivity contribution in [1.29, 1.82) is 0 Å². The minimum Gasteiger partial charge on any atom is -0.479 e. The van der Waals surface area contributed by atoms with Gasteiger partial charge in [-0.15, -0.1) is 0 Å². The Balaban J connectivity index is 3.28. The van der Waals surface area contributed by atoms with E-state index in [1.165, 1.54) is 0 Å². The van der Waals surface area contributed by atoms with Gasteiger partial charge in [0.25, 0.3) is 0 Å². The van der Waals surface area contributed by atoms with Crippen LogP contribution in [0, 0.1) is 5.41 Å². The molecule has 1 aliphatic rings. The van der Waals surface area contributed by atoms with E-state index in [0.29, 0.717) is 0 Å². The smallest absolute Gasteiger partial charge is 0.418 e.